The number of nitrogens with zero attached hydrogens (tertiary/aromatic N) is 5. The summed E-state index contributed by atoms with van der Waals surface area (Å²) in [6, 6.07) is 15.8. The van der Waals surface area contributed by atoms with Gasteiger partial charge < -0.3 is 16.0 Å². The Balaban J connectivity index is 1.41. The highest BCUT2D eigenvalue weighted by Crippen LogP contribution is 2.37. The van der Waals surface area contributed by atoms with Crippen LogP contribution in [0.4, 0.5) is 25.8 Å². The third kappa shape index (κ3) is 5.72. The van der Waals surface area contributed by atoms with Crippen molar-refractivity contribution in [2.75, 3.05) is 23.7 Å². The van der Waals surface area contributed by atoms with E-state index in [9.17, 15) is 14.0 Å². The van der Waals surface area contributed by atoms with Gasteiger partial charge in [-0.2, -0.15) is 5.26 Å². The molecule has 212 valence electrons. The standard InChI is InChI=1S/C30H24Cl2F2N8/c31-24-12-20(5-6-26(24)34)38-28-18(14-35)15-37-30-23(28)11-21(13-25(30)32)39-29(17-1-3-19(33)4-2-17)27-16-42(41-40-27)22-7-9-36-10-8-22/h1-6,11-13,15-16,22,29,36,39H,7-10H2,(H,37,38). The first-order valence-corrected chi connectivity index (χ1v) is 14.0. The second-order valence-electron chi connectivity index (χ2n) is 10.0. The molecule has 0 aliphatic carbocycles. The molecule has 5 aromatic rings. The zero-order valence-corrected chi connectivity index (χ0v) is 23.6. The predicted octanol–water partition coefficient (Wildman–Crippen LogP) is 7.15. The number of fused-ring (bicyclic) bond motifs is 1. The number of pyridine rings is 1. The molecule has 1 fully saturated rings. The van der Waals surface area contributed by atoms with Gasteiger partial charge in [0, 0.05) is 23.0 Å². The topological polar surface area (TPSA) is 103 Å². The molecule has 1 aliphatic heterocycles. The molecule has 3 aromatic carbocycles. The van der Waals surface area contributed by atoms with Gasteiger partial charge in [-0.1, -0.05) is 40.5 Å². The van der Waals surface area contributed by atoms with E-state index in [0.717, 1.165) is 31.5 Å². The van der Waals surface area contributed by atoms with Crippen molar-refractivity contribution in [1.29, 1.82) is 5.26 Å². The average molecular weight is 605 g/mol. The maximum Gasteiger partial charge on any atom is 0.141 e. The quantitative estimate of drug-likeness (QED) is 0.181. The fourth-order valence-corrected chi connectivity index (χ4v) is 5.55. The van der Waals surface area contributed by atoms with Gasteiger partial charge in [-0.05, 0) is 74.0 Å². The van der Waals surface area contributed by atoms with Crippen molar-refractivity contribution in [2.45, 2.75) is 24.9 Å². The zero-order chi connectivity index (χ0) is 29.2. The van der Waals surface area contributed by atoms with Crippen LogP contribution in [0.25, 0.3) is 10.9 Å². The number of nitrogens with one attached hydrogen (secondary N) is 3. The third-order valence-corrected chi connectivity index (χ3v) is 7.83. The minimum absolute atomic E-state index is 0.0584. The summed E-state index contributed by atoms with van der Waals surface area (Å²) in [6.07, 6.45) is 5.23. The molecule has 1 saturated heterocycles. The fraction of sp³-hybridized carbons (Fsp3) is 0.200. The largest absolute Gasteiger partial charge is 0.373 e. The van der Waals surface area contributed by atoms with Gasteiger partial charge in [0.15, 0.2) is 0 Å². The summed E-state index contributed by atoms with van der Waals surface area (Å²) in [7, 11) is 0. The lowest BCUT2D eigenvalue weighted by Gasteiger charge is -2.22. The Kier molecular flexibility index (Phi) is 7.89. The van der Waals surface area contributed by atoms with E-state index < -0.39 is 11.9 Å². The third-order valence-electron chi connectivity index (χ3n) is 7.26. The summed E-state index contributed by atoms with van der Waals surface area (Å²) in [5.41, 5.74) is 3.68. The molecule has 6 rings (SSSR count). The van der Waals surface area contributed by atoms with Crippen molar-refractivity contribution < 1.29 is 8.78 Å². The minimum Gasteiger partial charge on any atom is -0.373 e. The number of hydrogen-bond donors (Lipinski definition) is 3. The Morgan fingerprint density at radius 3 is 2.50 bits per heavy atom. The molecule has 0 spiro atoms. The van der Waals surface area contributed by atoms with Crippen molar-refractivity contribution in [1.82, 2.24) is 25.3 Å². The molecular formula is C30H24Cl2F2N8. The zero-order valence-electron chi connectivity index (χ0n) is 22.1. The van der Waals surface area contributed by atoms with E-state index in [1.165, 1.54) is 36.5 Å². The highest BCUT2D eigenvalue weighted by Gasteiger charge is 2.23. The van der Waals surface area contributed by atoms with Crippen LogP contribution in [0.3, 0.4) is 0 Å². The van der Waals surface area contributed by atoms with Crippen LogP contribution < -0.4 is 16.0 Å². The summed E-state index contributed by atoms with van der Waals surface area (Å²) >= 11 is 12.7. The Hall–Kier alpha value is -4.30. The molecule has 8 nitrogen and oxygen atoms in total. The molecule has 3 heterocycles. The Morgan fingerprint density at radius 1 is 1.00 bits per heavy atom. The molecular weight excluding hydrogens is 581 g/mol. The van der Waals surface area contributed by atoms with Crippen molar-refractivity contribution >= 4 is 51.2 Å². The highest BCUT2D eigenvalue weighted by molar-refractivity contribution is 6.36. The van der Waals surface area contributed by atoms with E-state index in [1.54, 1.807) is 18.2 Å². The second kappa shape index (κ2) is 11.9. The predicted molar refractivity (Wildman–Crippen MR) is 159 cm³/mol. The van der Waals surface area contributed by atoms with E-state index in [-0.39, 0.29) is 22.4 Å². The fourth-order valence-electron chi connectivity index (χ4n) is 5.10. The average Bonchev–Trinajstić information content (AvgIpc) is 3.49. The van der Waals surface area contributed by atoms with Gasteiger partial charge >= 0.3 is 0 Å². The first-order chi connectivity index (χ1) is 20.4. The number of halogens is 4. The van der Waals surface area contributed by atoms with Crippen molar-refractivity contribution in [3.63, 3.8) is 0 Å². The SMILES string of the molecule is N#Cc1cnc2c(Cl)cc(NC(c3ccc(F)cc3)c3cn(C4CCNCC4)nn3)cc2c1Nc1ccc(F)c(Cl)c1. The van der Waals surface area contributed by atoms with Crippen LogP contribution in [0.5, 0.6) is 0 Å². The van der Waals surface area contributed by atoms with Crippen LogP contribution in [0.1, 0.15) is 41.7 Å². The second-order valence-corrected chi connectivity index (χ2v) is 10.8. The van der Waals surface area contributed by atoms with Crippen LogP contribution in [0.2, 0.25) is 10.0 Å². The number of benzene rings is 3. The molecule has 1 unspecified atom stereocenters. The van der Waals surface area contributed by atoms with Crippen LogP contribution in [-0.2, 0) is 0 Å². The Morgan fingerprint density at radius 2 is 1.76 bits per heavy atom. The molecule has 12 heteroatoms. The number of aromatic nitrogens is 4. The lowest BCUT2D eigenvalue weighted by Crippen LogP contribution is -2.29. The van der Waals surface area contributed by atoms with Gasteiger partial charge in [-0.25, -0.2) is 13.5 Å². The van der Waals surface area contributed by atoms with Crippen LogP contribution in [0, 0.1) is 23.0 Å². The molecule has 42 heavy (non-hydrogen) atoms. The molecule has 0 saturated carbocycles. The Bertz CT molecular complexity index is 1800. The minimum atomic E-state index is -0.555. The first-order valence-electron chi connectivity index (χ1n) is 13.3. The molecule has 0 amide bonds. The van der Waals surface area contributed by atoms with Gasteiger partial charge in [0.25, 0.3) is 0 Å². The summed E-state index contributed by atoms with van der Waals surface area (Å²) in [5, 5.41) is 29.6. The number of piperidine rings is 1. The lowest BCUT2D eigenvalue weighted by atomic mass is 10.0. The summed E-state index contributed by atoms with van der Waals surface area (Å²) in [5.74, 6) is -0.905. The van der Waals surface area contributed by atoms with E-state index in [4.69, 9.17) is 23.2 Å². The number of nitriles is 1. The maximum atomic E-state index is 13.9. The van der Waals surface area contributed by atoms with Gasteiger partial charge in [0.2, 0.25) is 0 Å². The number of rotatable bonds is 7. The van der Waals surface area contributed by atoms with Crippen LogP contribution >= 0.6 is 23.2 Å². The highest BCUT2D eigenvalue weighted by atomic mass is 35.5. The van der Waals surface area contributed by atoms with Crippen molar-refractivity contribution in [2.24, 2.45) is 0 Å². The van der Waals surface area contributed by atoms with Crippen molar-refractivity contribution in [3.8, 4) is 6.07 Å². The van der Waals surface area contributed by atoms with E-state index in [2.05, 4.69) is 37.3 Å². The molecule has 0 bridgehead atoms. The molecule has 0 radical (unpaired) electrons. The van der Waals surface area contributed by atoms with Gasteiger partial charge in [0.05, 0.1) is 45.1 Å². The molecule has 3 N–H and O–H groups in total. The maximum absolute atomic E-state index is 13.9. The van der Waals surface area contributed by atoms with E-state index >= 15 is 0 Å². The van der Waals surface area contributed by atoms with Gasteiger partial charge in [-0.3, -0.25) is 4.98 Å². The Labute approximate surface area is 250 Å². The smallest absolute Gasteiger partial charge is 0.141 e. The van der Waals surface area contributed by atoms with Gasteiger partial charge in [-0.15, -0.1) is 5.10 Å². The molecule has 2 aromatic heterocycles. The first kappa shape index (κ1) is 27.8. The summed E-state index contributed by atoms with van der Waals surface area (Å²) in [6.45, 7) is 1.82. The van der Waals surface area contributed by atoms with Crippen LogP contribution in [-0.4, -0.2) is 33.1 Å². The van der Waals surface area contributed by atoms with Crippen molar-refractivity contribution in [3.05, 3.63) is 105 Å². The monoisotopic (exact) mass is 604 g/mol. The summed E-state index contributed by atoms with van der Waals surface area (Å²) in [4.78, 5) is 4.41. The normalized spacial score (nSPS) is 14.5. The van der Waals surface area contributed by atoms with Gasteiger partial charge in [0.1, 0.15) is 23.4 Å². The number of hydrogen-bond acceptors (Lipinski definition) is 7. The molecule has 1 aliphatic rings. The van der Waals surface area contributed by atoms with E-state index in [0.29, 0.717) is 38.7 Å². The van der Waals surface area contributed by atoms with Crippen LogP contribution in [0.15, 0.2) is 67.0 Å². The molecule has 1 atom stereocenters. The number of anilines is 3. The summed E-state index contributed by atoms with van der Waals surface area (Å²) < 4.78 is 29.5. The lowest BCUT2D eigenvalue weighted by molar-refractivity contribution is 0.337. The van der Waals surface area contributed by atoms with E-state index in [1.807, 2.05) is 16.9 Å².